The molecule has 0 spiro atoms. The zero-order valence-electron chi connectivity index (χ0n) is 11.3. The van der Waals surface area contributed by atoms with E-state index in [-0.39, 0.29) is 12.2 Å². The summed E-state index contributed by atoms with van der Waals surface area (Å²) in [4.78, 5) is 22.2. The van der Waals surface area contributed by atoms with Crippen LogP contribution in [0.25, 0.3) is 0 Å². The van der Waals surface area contributed by atoms with Crippen LogP contribution < -0.4 is 10.1 Å². The second kappa shape index (κ2) is 7.64. The third-order valence-electron chi connectivity index (χ3n) is 2.56. The maximum Gasteiger partial charge on any atom is 0.304 e. The third-order valence-corrected chi connectivity index (χ3v) is 4.17. The van der Waals surface area contributed by atoms with Gasteiger partial charge in [0.25, 0.3) is 0 Å². The summed E-state index contributed by atoms with van der Waals surface area (Å²) in [6, 6.07) is 6.72. The third kappa shape index (κ3) is 5.40. The summed E-state index contributed by atoms with van der Waals surface area (Å²) in [5.74, 6) is -0.991. The van der Waals surface area contributed by atoms with Crippen LogP contribution in [0.15, 0.2) is 24.3 Å². The monoisotopic (exact) mass is 299 g/mol. The number of carboxylic acids is 1. The molecule has 0 bridgehead atoms. The van der Waals surface area contributed by atoms with Gasteiger partial charge in [-0.05, 0) is 24.3 Å². The Morgan fingerprint density at radius 1 is 1.35 bits per heavy atom. The van der Waals surface area contributed by atoms with Crippen molar-refractivity contribution >= 4 is 28.4 Å². The molecule has 1 rings (SSSR count). The fourth-order valence-electron chi connectivity index (χ4n) is 1.48. The van der Waals surface area contributed by atoms with E-state index in [0.717, 1.165) is 0 Å². The lowest BCUT2D eigenvalue weighted by molar-refractivity contribution is -0.136. The minimum atomic E-state index is -1.51. The van der Waals surface area contributed by atoms with E-state index in [4.69, 9.17) is 9.84 Å². The van der Waals surface area contributed by atoms with Gasteiger partial charge in [0.05, 0.1) is 13.5 Å². The zero-order valence-corrected chi connectivity index (χ0v) is 12.1. The maximum absolute atomic E-state index is 11.7. The fourth-order valence-corrected chi connectivity index (χ4v) is 2.43. The number of nitrogens with one attached hydrogen (secondary N) is 1. The van der Waals surface area contributed by atoms with Gasteiger partial charge in [-0.2, -0.15) is 0 Å². The second-order valence-electron chi connectivity index (χ2n) is 4.21. The fraction of sp³-hybridized carbons (Fsp3) is 0.385. The first-order valence-corrected chi connectivity index (χ1v) is 7.33. The normalized spacial score (nSPS) is 13.3. The highest BCUT2D eigenvalue weighted by molar-refractivity contribution is 7.86. The molecule has 0 fully saturated rings. The number of rotatable bonds is 7. The van der Waals surface area contributed by atoms with E-state index >= 15 is 0 Å². The van der Waals surface area contributed by atoms with Crippen LogP contribution in [0.1, 0.15) is 13.3 Å². The smallest absolute Gasteiger partial charge is 0.304 e. The molecule has 110 valence electrons. The molecule has 0 radical (unpaired) electrons. The molecule has 2 N–H and O–H groups in total. The molecule has 0 heterocycles. The quantitative estimate of drug-likeness (QED) is 0.790. The number of aliphatic carboxylic acids is 1. The topological polar surface area (TPSA) is 92.7 Å². The lowest BCUT2D eigenvalue weighted by Crippen LogP contribution is -2.26. The molecule has 7 heteroatoms. The Morgan fingerprint density at radius 2 is 1.95 bits per heavy atom. The molecule has 6 nitrogen and oxygen atoms in total. The number of carbonyl (C=O) groups excluding carboxylic acids is 1. The molecule has 0 aliphatic carbocycles. The van der Waals surface area contributed by atoms with E-state index in [1.165, 1.54) is 0 Å². The summed E-state index contributed by atoms with van der Waals surface area (Å²) in [5.41, 5.74) is 0.568. The second-order valence-corrected chi connectivity index (χ2v) is 6.07. The minimum Gasteiger partial charge on any atom is -0.497 e. The van der Waals surface area contributed by atoms with Gasteiger partial charge >= 0.3 is 5.97 Å². The van der Waals surface area contributed by atoms with E-state index in [1.807, 2.05) is 0 Å². The highest BCUT2D eigenvalue weighted by Gasteiger charge is 2.18. The summed E-state index contributed by atoms with van der Waals surface area (Å²) in [5, 5.41) is 10.6. The molecule has 1 aromatic carbocycles. The van der Waals surface area contributed by atoms with E-state index < -0.39 is 27.9 Å². The van der Waals surface area contributed by atoms with Crippen LogP contribution in [0, 0.1) is 0 Å². The Hall–Kier alpha value is -1.89. The Kier molecular flexibility index (Phi) is 6.17. The zero-order chi connectivity index (χ0) is 15.1. The van der Waals surface area contributed by atoms with Crippen molar-refractivity contribution in [1.29, 1.82) is 0 Å². The van der Waals surface area contributed by atoms with Gasteiger partial charge < -0.3 is 15.2 Å². The van der Waals surface area contributed by atoms with Crippen molar-refractivity contribution in [1.82, 2.24) is 0 Å². The molecule has 20 heavy (non-hydrogen) atoms. The molecule has 0 aromatic heterocycles. The summed E-state index contributed by atoms with van der Waals surface area (Å²) in [6.45, 7) is 1.55. The first-order chi connectivity index (χ1) is 9.42. The molecule has 0 saturated heterocycles. The standard InChI is InChI=1S/C13H17NO5S/c1-9(7-13(16)17)20(18)8-12(15)14-10-3-5-11(19-2)6-4-10/h3-6,9H,7-8H2,1-2H3,(H,14,15)(H,16,17). The van der Waals surface area contributed by atoms with Gasteiger partial charge in [0.2, 0.25) is 5.91 Å². The van der Waals surface area contributed by atoms with Crippen molar-refractivity contribution in [2.24, 2.45) is 0 Å². The first-order valence-electron chi connectivity index (χ1n) is 5.95. The van der Waals surface area contributed by atoms with E-state index in [2.05, 4.69) is 5.32 Å². The van der Waals surface area contributed by atoms with Crippen LogP contribution in [-0.2, 0) is 20.4 Å². The van der Waals surface area contributed by atoms with Crippen LogP contribution in [0.3, 0.4) is 0 Å². The van der Waals surface area contributed by atoms with Gasteiger partial charge in [0.15, 0.2) is 0 Å². The summed E-state index contributed by atoms with van der Waals surface area (Å²) in [7, 11) is 0.0296. The predicted octanol–water partition coefficient (Wildman–Crippen LogP) is 1.25. The largest absolute Gasteiger partial charge is 0.497 e. The van der Waals surface area contributed by atoms with Crippen LogP contribution in [0.5, 0.6) is 5.75 Å². The number of amides is 1. The highest BCUT2D eigenvalue weighted by atomic mass is 32.2. The molecular formula is C13H17NO5S. The number of hydrogen-bond donors (Lipinski definition) is 2. The Labute approximate surface area is 119 Å². The van der Waals surface area contributed by atoms with Crippen molar-refractivity contribution in [2.45, 2.75) is 18.6 Å². The van der Waals surface area contributed by atoms with Crippen LogP contribution >= 0.6 is 0 Å². The van der Waals surface area contributed by atoms with Crippen molar-refractivity contribution in [3.05, 3.63) is 24.3 Å². The van der Waals surface area contributed by atoms with Crippen LogP contribution in [-0.4, -0.2) is 39.3 Å². The van der Waals surface area contributed by atoms with E-state index in [0.29, 0.717) is 11.4 Å². The Morgan fingerprint density at radius 3 is 2.45 bits per heavy atom. The number of ether oxygens (including phenoxy) is 1. The lowest BCUT2D eigenvalue weighted by Gasteiger charge is -2.09. The molecule has 1 aromatic rings. The molecule has 2 atom stereocenters. The van der Waals surface area contributed by atoms with E-state index in [1.54, 1.807) is 38.3 Å². The molecule has 0 aliphatic heterocycles. The number of hydrogen-bond acceptors (Lipinski definition) is 4. The number of carbonyl (C=O) groups is 2. The van der Waals surface area contributed by atoms with Gasteiger partial charge in [0, 0.05) is 21.7 Å². The minimum absolute atomic E-state index is 0.220. The van der Waals surface area contributed by atoms with Crippen molar-refractivity contribution < 1.29 is 23.6 Å². The highest BCUT2D eigenvalue weighted by Crippen LogP contribution is 2.15. The lowest BCUT2D eigenvalue weighted by atomic mass is 10.3. The Bertz CT molecular complexity index is 500. The average molecular weight is 299 g/mol. The van der Waals surface area contributed by atoms with Gasteiger partial charge in [-0.15, -0.1) is 0 Å². The maximum atomic E-state index is 11.7. The molecule has 1 amide bonds. The number of anilines is 1. The molecule has 2 unspecified atom stereocenters. The SMILES string of the molecule is COc1ccc(NC(=O)CS(=O)C(C)CC(=O)O)cc1. The van der Waals surface area contributed by atoms with Gasteiger partial charge in [-0.25, -0.2) is 0 Å². The number of methoxy groups -OCH3 is 1. The number of benzene rings is 1. The Balaban J connectivity index is 2.50. The molecule has 0 aliphatic rings. The van der Waals surface area contributed by atoms with Crippen LogP contribution in [0.4, 0.5) is 5.69 Å². The first kappa shape index (κ1) is 16.2. The van der Waals surface area contributed by atoms with Gasteiger partial charge in [-0.3, -0.25) is 13.8 Å². The van der Waals surface area contributed by atoms with Crippen molar-refractivity contribution in [3.63, 3.8) is 0 Å². The van der Waals surface area contributed by atoms with Gasteiger partial charge in [-0.1, -0.05) is 6.92 Å². The van der Waals surface area contributed by atoms with Crippen LogP contribution in [0.2, 0.25) is 0 Å². The summed E-state index contributed by atoms with van der Waals surface area (Å²) in [6.07, 6.45) is -0.220. The average Bonchev–Trinajstić information content (AvgIpc) is 2.38. The molecule has 0 saturated carbocycles. The molecular weight excluding hydrogens is 282 g/mol. The van der Waals surface area contributed by atoms with Crippen molar-refractivity contribution in [3.8, 4) is 5.75 Å². The predicted molar refractivity (Wildman–Crippen MR) is 76.3 cm³/mol. The van der Waals surface area contributed by atoms with E-state index in [9.17, 15) is 13.8 Å². The summed E-state index contributed by atoms with van der Waals surface area (Å²) < 4.78 is 16.7. The summed E-state index contributed by atoms with van der Waals surface area (Å²) >= 11 is 0. The number of carboxylic acid groups (broad SMARTS) is 1. The van der Waals surface area contributed by atoms with Gasteiger partial charge in [0.1, 0.15) is 11.5 Å². The van der Waals surface area contributed by atoms with Crippen molar-refractivity contribution in [2.75, 3.05) is 18.2 Å².